The summed E-state index contributed by atoms with van der Waals surface area (Å²) < 4.78 is 16.2. The smallest absolute Gasteiger partial charge is 0.236 e. The number of nitrogens with zero attached hydrogens (tertiary/aromatic N) is 5. The molecule has 128 valence electrons. The Balaban J connectivity index is 1.95. The minimum absolute atomic E-state index is 0.385. The zero-order valence-corrected chi connectivity index (χ0v) is 14.2. The van der Waals surface area contributed by atoms with Crippen molar-refractivity contribution in [1.82, 2.24) is 19.9 Å². The van der Waals surface area contributed by atoms with E-state index in [2.05, 4.69) is 19.9 Å². The van der Waals surface area contributed by atoms with Crippen LogP contribution in [0.5, 0.6) is 11.8 Å². The van der Waals surface area contributed by atoms with Gasteiger partial charge in [0.1, 0.15) is 10.7 Å². The Kier molecular flexibility index (Phi) is 5.16. The summed E-state index contributed by atoms with van der Waals surface area (Å²) in [5, 5.41) is 0.467. The van der Waals surface area contributed by atoms with Gasteiger partial charge in [0.25, 0.3) is 0 Å². The first kappa shape index (κ1) is 16.5. The number of aromatic nitrogens is 4. The van der Waals surface area contributed by atoms with Gasteiger partial charge in [-0.15, -0.1) is 0 Å². The first-order valence-electron chi connectivity index (χ1n) is 7.30. The van der Waals surface area contributed by atoms with E-state index in [-0.39, 0.29) is 0 Å². The van der Waals surface area contributed by atoms with Crippen LogP contribution in [0.15, 0.2) is 22.3 Å². The third-order valence-corrected chi connectivity index (χ3v) is 4.25. The minimum atomic E-state index is 0.385. The molecule has 2 N–H and O–H groups in total. The maximum atomic E-state index is 5.70. The summed E-state index contributed by atoms with van der Waals surface area (Å²) in [6.07, 6.45) is 1.59. The van der Waals surface area contributed by atoms with Crippen LogP contribution in [0.4, 0.5) is 11.8 Å². The van der Waals surface area contributed by atoms with Crippen molar-refractivity contribution in [2.45, 2.75) is 10.1 Å². The van der Waals surface area contributed by atoms with Crippen LogP contribution in [0.1, 0.15) is 0 Å². The maximum absolute atomic E-state index is 5.70. The van der Waals surface area contributed by atoms with Gasteiger partial charge in [0.15, 0.2) is 5.16 Å². The lowest BCUT2D eigenvalue weighted by Crippen LogP contribution is -2.37. The summed E-state index contributed by atoms with van der Waals surface area (Å²) in [7, 11) is 3.10. The highest BCUT2D eigenvalue weighted by Crippen LogP contribution is 2.39. The minimum Gasteiger partial charge on any atom is -0.480 e. The van der Waals surface area contributed by atoms with Crippen molar-refractivity contribution in [2.24, 2.45) is 0 Å². The van der Waals surface area contributed by atoms with Crippen molar-refractivity contribution in [3.8, 4) is 11.8 Å². The molecule has 0 aromatic carbocycles. The van der Waals surface area contributed by atoms with Crippen molar-refractivity contribution in [3.05, 3.63) is 12.3 Å². The van der Waals surface area contributed by atoms with Crippen molar-refractivity contribution < 1.29 is 14.2 Å². The van der Waals surface area contributed by atoms with Gasteiger partial charge in [0.05, 0.1) is 27.4 Å². The summed E-state index contributed by atoms with van der Waals surface area (Å²) in [4.78, 5) is 20.0. The molecule has 9 nitrogen and oxygen atoms in total. The van der Waals surface area contributed by atoms with Gasteiger partial charge in [-0.3, -0.25) is 0 Å². The second-order valence-electron chi connectivity index (χ2n) is 4.84. The fourth-order valence-corrected chi connectivity index (χ4v) is 3.04. The van der Waals surface area contributed by atoms with Crippen LogP contribution in [0.3, 0.4) is 0 Å². The van der Waals surface area contributed by atoms with Gasteiger partial charge in [0.2, 0.25) is 17.7 Å². The van der Waals surface area contributed by atoms with Gasteiger partial charge >= 0.3 is 0 Å². The van der Waals surface area contributed by atoms with Crippen molar-refractivity contribution in [1.29, 1.82) is 0 Å². The van der Waals surface area contributed by atoms with Crippen molar-refractivity contribution >= 4 is 23.5 Å². The number of morpholine rings is 1. The highest BCUT2D eigenvalue weighted by Gasteiger charge is 2.22. The van der Waals surface area contributed by atoms with E-state index in [1.54, 1.807) is 26.5 Å². The molecule has 0 bridgehead atoms. The largest absolute Gasteiger partial charge is 0.480 e. The summed E-state index contributed by atoms with van der Waals surface area (Å²) in [6.45, 7) is 2.72. The predicted octanol–water partition coefficient (Wildman–Crippen LogP) is 0.854. The van der Waals surface area contributed by atoms with Crippen LogP contribution >= 0.6 is 11.8 Å². The van der Waals surface area contributed by atoms with Gasteiger partial charge in [0, 0.05) is 19.3 Å². The Hall–Kier alpha value is -2.33. The second kappa shape index (κ2) is 7.49. The lowest BCUT2D eigenvalue weighted by molar-refractivity contribution is 0.122. The van der Waals surface area contributed by atoms with Crippen LogP contribution in [-0.4, -0.2) is 60.5 Å². The molecular weight excluding hydrogens is 332 g/mol. The van der Waals surface area contributed by atoms with E-state index in [4.69, 9.17) is 19.9 Å². The van der Waals surface area contributed by atoms with Crippen LogP contribution in [-0.2, 0) is 4.74 Å². The van der Waals surface area contributed by atoms with Gasteiger partial charge in [-0.05, 0) is 17.8 Å². The molecule has 3 heterocycles. The molecule has 0 radical (unpaired) electrons. The summed E-state index contributed by atoms with van der Waals surface area (Å²) in [6, 6.07) is 1.62. The number of nitrogen functional groups attached to an aromatic ring is 1. The normalized spacial score (nSPS) is 14.5. The zero-order valence-electron chi connectivity index (χ0n) is 13.4. The van der Waals surface area contributed by atoms with Crippen LogP contribution in [0, 0.1) is 0 Å². The molecule has 1 fully saturated rings. The molecule has 0 atom stereocenters. The number of hydrogen-bond donors (Lipinski definition) is 1. The molecule has 10 heteroatoms. The summed E-state index contributed by atoms with van der Waals surface area (Å²) in [5.41, 5.74) is 5.70. The SMILES string of the molecule is COc1nc(N2CCOCC2)nc(OC)c1Sc1nccc(N)n1. The van der Waals surface area contributed by atoms with E-state index in [1.165, 1.54) is 11.8 Å². The number of hydrogen-bond acceptors (Lipinski definition) is 10. The molecule has 0 amide bonds. The number of ether oxygens (including phenoxy) is 3. The average molecular weight is 350 g/mol. The second-order valence-corrected chi connectivity index (χ2v) is 5.81. The van der Waals surface area contributed by atoms with Gasteiger partial charge in [-0.1, -0.05) is 0 Å². The van der Waals surface area contributed by atoms with E-state index >= 15 is 0 Å². The Morgan fingerprint density at radius 1 is 1.12 bits per heavy atom. The first-order chi connectivity index (χ1) is 11.7. The Labute approximate surface area is 143 Å². The third kappa shape index (κ3) is 3.60. The Morgan fingerprint density at radius 2 is 1.79 bits per heavy atom. The van der Waals surface area contributed by atoms with E-state index in [1.807, 2.05) is 4.90 Å². The molecule has 1 saturated heterocycles. The topological polar surface area (TPSA) is 109 Å². The highest BCUT2D eigenvalue weighted by atomic mass is 32.2. The monoisotopic (exact) mass is 350 g/mol. The van der Waals surface area contributed by atoms with Crippen molar-refractivity contribution in [3.63, 3.8) is 0 Å². The van der Waals surface area contributed by atoms with Crippen LogP contribution < -0.4 is 20.1 Å². The number of anilines is 2. The third-order valence-electron chi connectivity index (χ3n) is 3.32. The maximum Gasteiger partial charge on any atom is 0.236 e. The van der Waals surface area contributed by atoms with E-state index in [0.29, 0.717) is 46.8 Å². The summed E-state index contributed by atoms with van der Waals surface area (Å²) in [5.74, 6) is 1.74. The molecule has 3 rings (SSSR count). The number of rotatable bonds is 5. The van der Waals surface area contributed by atoms with Gasteiger partial charge in [-0.2, -0.15) is 9.97 Å². The average Bonchev–Trinajstić information content (AvgIpc) is 2.62. The molecule has 0 saturated carbocycles. The van der Waals surface area contributed by atoms with Crippen LogP contribution in [0.2, 0.25) is 0 Å². The predicted molar refractivity (Wildman–Crippen MR) is 88.7 cm³/mol. The molecular formula is C14H18N6O3S. The van der Waals surface area contributed by atoms with E-state index in [9.17, 15) is 0 Å². The lowest BCUT2D eigenvalue weighted by atomic mass is 10.4. The fraction of sp³-hybridized carbons (Fsp3) is 0.429. The molecule has 0 aliphatic carbocycles. The molecule has 1 aliphatic rings. The number of nitrogens with two attached hydrogens (primary N) is 1. The molecule has 2 aromatic rings. The Bertz CT molecular complexity index is 686. The quantitative estimate of drug-likeness (QED) is 0.780. The molecule has 2 aromatic heterocycles. The first-order valence-corrected chi connectivity index (χ1v) is 8.12. The molecule has 24 heavy (non-hydrogen) atoms. The Morgan fingerprint density at radius 3 is 2.38 bits per heavy atom. The highest BCUT2D eigenvalue weighted by molar-refractivity contribution is 7.99. The van der Waals surface area contributed by atoms with E-state index < -0.39 is 0 Å². The summed E-state index contributed by atoms with van der Waals surface area (Å²) >= 11 is 1.24. The van der Waals surface area contributed by atoms with Gasteiger partial charge in [-0.25, -0.2) is 9.97 Å². The molecule has 0 spiro atoms. The lowest BCUT2D eigenvalue weighted by Gasteiger charge is -2.27. The zero-order chi connectivity index (χ0) is 16.9. The molecule has 0 unspecified atom stereocenters. The van der Waals surface area contributed by atoms with Crippen LogP contribution in [0.25, 0.3) is 0 Å². The fourth-order valence-electron chi connectivity index (χ4n) is 2.16. The van der Waals surface area contributed by atoms with Gasteiger partial charge < -0.3 is 24.8 Å². The molecule has 1 aliphatic heterocycles. The van der Waals surface area contributed by atoms with Crippen molar-refractivity contribution in [2.75, 3.05) is 51.2 Å². The van der Waals surface area contributed by atoms with E-state index in [0.717, 1.165) is 13.1 Å². The standard InChI is InChI=1S/C14H18N6O3S/c1-21-11-10(24-14-16-4-3-9(15)17-14)12(22-2)19-13(18-11)20-5-7-23-8-6-20/h3-4H,5-8H2,1-2H3,(H2,15,16,17). The number of methoxy groups -OCH3 is 2.